The number of nitrogens with zero attached hydrogens (tertiary/aromatic N) is 2. The van der Waals surface area contributed by atoms with Crippen molar-refractivity contribution in [1.82, 2.24) is 9.97 Å². The maximum atomic E-state index is 9.58. The number of nitrogens with one attached hydrogen (secondary N) is 1. The molecule has 0 spiro atoms. The van der Waals surface area contributed by atoms with Crippen LogP contribution in [0, 0.1) is 6.92 Å². The number of hydrogen-bond donors (Lipinski definition) is 3. The Bertz CT molecular complexity index is 1270. The molecule has 0 amide bonds. The van der Waals surface area contributed by atoms with Crippen molar-refractivity contribution in [3.63, 3.8) is 0 Å². The summed E-state index contributed by atoms with van der Waals surface area (Å²) in [5.41, 5.74) is 5.49. The molecule has 5 rings (SSSR count). The third kappa shape index (κ3) is 4.19. The van der Waals surface area contributed by atoms with Crippen molar-refractivity contribution in [2.45, 2.75) is 19.8 Å². The van der Waals surface area contributed by atoms with Crippen molar-refractivity contribution in [3.8, 4) is 22.9 Å². The summed E-state index contributed by atoms with van der Waals surface area (Å²) >= 11 is 6.59. The number of rotatable bonds is 5. The van der Waals surface area contributed by atoms with Gasteiger partial charge in [-0.25, -0.2) is 0 Å². The first-order chi connectivity index (χ1) is 15.5. The molecule has 0 unspecified atom stereocenters. The van der Waals surface area contributed by atoms with Gasteiger partial charge in [0, 0.05) is 29.6 Å². The van der Waals surface area contributed by atoms with Crippen LogP contribution < -0.4 is 14.9 Å². The van der Waals surface area contributed by atoms with Crippen molar-refractivity contribution >= 4 is 42.0 Å². The van der Waals surface area contributed by atoms with Gasteiger partial charge in [-0.3, -0.25) is 0 Å². The zero-order valence-corrected chi connectivity index (χ0v) is 19.2. The van der Waals surface area contributed by atoms with E-state index in [1.807, 2.05) is 19.1 Å². The molecule has 1 saturated heterocycles. The number of benzene rings is 3. The number of aromatic amines is 1. The first kappa shape index (κ1) is 21.2. The molecular formula is C24H23ClN3O3P. The van der Waals surface area contributed by atoms with Crippen molar-refractivity contribution in [2.24, 2.45) is 0 Å². The summed E-state index contributed by atoms with van der Waals surface area (Å²) in [6, 6.07) is 17.8. The first-order valence-electron chi connectivity index (χ1n) is 10.5. The van der Waals surface area contributed by atoms with Gasteiger partial charge in [-0.1, -0.05) is 29.8 Å². The van der Waals surface area contributed by atoms with Gasteiger partial charge in [0.05, 0.1) is 16.1 Å². The topological polar surface area (TPSA) is 81.6 Å². The van der Waals surface area contributed by atoms with Gasteiger partial charge in [0.2, 0.25) is 0 Å². The van der Waals surface area contributed by atoms with E-state index in [0.29, 0.717) is 22.1 Å². The van der Waals surface area contributed by atoms with Crippen molar-refractivity contribution in [3.05, 3.63) is 65.2 Å². The van der Waals surface area contributed by atoms with E-state index in [1.54, 1.807) is 18.2 Å². The Kier molecular flexibility index (Phi) is 5.78. The standard InChI is InChI=1S/C24H23ClN3O3P/c1-15-4-9-18(12-23(15)32(29)30)31-24-26-21-13-19(20(25)14-22(21)27-24)16-5-7-17(8-6-16)28-10-2-3-11-28/h4-9,12-14,29-30H,2-3,10-11H2,1H3,(H,26,27). The molecule has 164 valence electrons. The summed E-state index contributed by atoms with van der Waals surface area (Å²) in [7, 11) is -2.20. The molecule has 0 bridgehead atoms. The Morgan fingerprint density at radius 1 is 1.03 bits per heavy atom. The zero-order valence-electron chi connectivity index (χ0n) is 17.5. The molecule has 8 heteroatoms. The van der Waals surface area contributed by atoms with E-state index in [-0.39, 0.29) is 0 Å². The molecule has 0 atom stereocenters. The highest BCUT2D eigenvalue weighted by atomic mass is 35.5. The number of hydrogen-bond acceptors (Lipinski definition) is 5. The normalized spacial score (nSPS) is 14.0. The highest BCUT2D eigenvalue weighted by Gasteiger charge is 2.15. The summed E-state index contributed by atoms with van der Waals surface area (Å²) in [6.45, 7) is 4.05. The Hall–Kier alpha value is -2.63. The lowest BCUT2D eigenvalue weighted by molar-refractivity contribution is 0.449. The molecular weight excluding hydrogens is 445 g/mol. The van der Waals surface area contributed by atoms with Crippen LogP contribution in [0.1, 0.15) is 18.4 Å². The highest BCUT2D eigenvalue weighted by Crippen LogP contribution is 2.34. The predicted octanol–water partition coefficient (Wildman–Crippen LogP) is 5.51. The number of aryl methyl sites for hydroxylation is 1. The van der Waals surface area contributed by atoms with Crippen LogP contribution in [0.4, 0.5) is 5.69 Å². The number of halogens is 1. The minimum Gasteiger partial charge on any atom is -0.426 e. The maximum absolute atomic E-state index is 9.58. The van der Waals surface area contributed by atoms with Crippen molar-refractivity contribution in [2.75, 3.05) is 18.0 Å². The number of aromatic nitrogens is 2. The second-order valence-electron chi connectivity index (χ2n) is 7.97. The largest absolute Gasteiger partial charge is 0.426 e. The highest BCUT2D eigenvalue weighted by molar-refractivity contribution is 7.54. The molecule has 32 heavy (non-hydrogen) atoms. The summed E-state index contributed by atoms with van der Waals surface area (Å²) in [5.74, 6) is 0.476. The predicted molar refractivity (Wildman–Crippen MR) is 130 cm³/mol. The summed E-state index contributed by atoms with van der Waals surface area (Å²) in [6.07, 6.45) is 2.50. The van der Waals surface area contributed by atoms with Crippen LogP contribution in [0.2, 0.25) is 5.02 Å². The fraction of sp³-hybridized carbons (Fsp3) is 0.208. The van der Waals surface area contributed by atoms with E-state index in [2.05, 4.69) is 39.1 Å². The number of ether oxygens (including phenoxy) is 1. The smallest absolute Gasteiger partial charge is 0.300 e. The van der Waals surface area contributed by atoms with E-state index >= 15 is 0 Å². The number of imidazole rings is 1. The average Bonchev–Trinajstić information content (AvgIpc) is 3.44. The van der Waals surface area contributed by atoms with Gasteiger partial charge in [-0.15, -0.1) is 0 Å². The molecule has 1 fully saturated rings. The monoisotopic (exact) mass is 467 g/mol. The fourth-order valence-corrected chi connectivity index (χ4v) is 4.99. The Morgan fingerprint density at radius 3 is 2.50 bits per heavy atom. The van der Waals surface area contributed by atoms with Gasteiger partial charge < -0.3 is 24.4 Å². The molecule has 3 aromatic carbocycles. The lowest BCUT2D eigenvalue weighted by Crippen LogP contribution is -2.17. The Balaban J connectivity index is 1.42. The van der Waals surface area contributed by atoms with E-state index in [0.717, 1.165) is 40.8 Å². The minimum atomic E-state index is -2.20. The first-order valence-corrected chi connectivity index (χ1v) is 12.1. The summed E-state index contributed by atoms with van der Waals surface area (Å²) < 4.78 is 5.84. The number of anilines is 1. The van der Waals surface area contributed by atoms with Crippen LogP contribution in [0.25, 0.3) is 22.2 Å². The summed E-state index contributed by atoms with van der Waals surface area (Å²) in [5, 5.41) is 1.08. The Morgan fingerprint density at radius 2 is 1.78 bits per heavy atom. The molecule has 3 N–H and O–H groups in total. The SMILES string of the molecule is Cc1ccc(Oc2nc3cc(-c4ccc(N5CCCC5)cc4)c(Cl)cc3[nH]2)cc1P(O)O. The van der Waals surface area contributed by atoms with Gasteiger partial charge >= 0.3 is 0 Å². The van der Waals surface area contributed by atoms with E-state index < -0.39 is 8.38 Å². The average molecular weight is 468 g/mol. The van der Waals surface area contributed by atoms with Crippen molar-refractivity contribution in [1.29, 1.82) is 0 Å². The molecule has 1 aromatic heterocycles. The lowest BCUT2D eigenvalue weighted by atomic mass is 10.0. The molecule has 0 aliphatic carbocycles. The van der Waals surface area contributed by atoms with Gasteiger partial charge in [0.25, 0.3) is 6.01 Å². The van der Waals surface area contributed by atoms with Crippen molar-refractivity contribution < 1.29 is 14.5 Å². The minimum absolute atomic E-state index is 0.313. The summed E-state index contributed by atoms with van der Waals surface area (Å²) in [4.78, 5) is 29.2. The van der Waals surface area contributed by atoms with Crippen LogP contribution in [0.3, 0.4) is 0 Å². The quantitative estimate of drug-likeness (QED) is 0.337. The second-order valence-corrected chi connectivity index (χ2v) is 9.44. The molecule has 6 nitrogen and oxygen atoms in total. The molecule has 4 aromatic rings. The van der Waals surface area contributed by atoms with Gasteiger partial charge in [0.15, 0.2) is 8.38 Å². The van der Waals surface area contributed by atoms with Crippen LogP contribution in [0.5, 0.6) is 11.8 Å². The Labute approximate surface area is 192 Å². The molecule has 0 saturated carbocycles. The van der Waals surface area contributed by atoms with Gasteiger partial charge in [-0.2, -0.15) is 4.98 Å². The number of fused-ring (bicyclic) bond motifs is 1. The van der Waals surface area contributed by atoms with Crippen LogP contribution >= 0.6 is 20.0 Å². The van der Waals surface area contributed by atoms with Crippen LogP contribution in [0.15, 0.2) is 54.6 Å². The molecule has 1 aliphatic rings. The second kappa shape index (κ2) is 8.72. The third-order valence-electron chi connectivity index (χ3n) is 5.81. The fourth-order valence-electron chi connectivity index (χ4n) is 4.08. The zero-order chi connectivity index (χ0) is 22.2. The van der Waals surface area contributed by atoms with E-state index in [9.17, 15) is 9.79 Å². The molecule has 1 aliphatic heterocycles. The van der Waals surface area contributed by atoms with Crippen LogP contribution in [-0.2, 0) is 0 Å². The van der Waals surface area contributed by atoms with Gasteiger partial charge in [0.1, 0.15) is 5.75 Å². The lowest BCUT2D eigenvalue weighted by Gasteiger charge is -2.17. The van der Waals surface area contributed by atoms with Crippen LogP contribution in [-0.4, -0.2) is 32.8 Å². The maximum Gasteiger partial charge on any atom is 0.300 e. The molecule has 0 radical (unpaired) electrons. The van der Waals surface area contributed by atoms with Gasteiger partial charge in [-0.05, 0) is 67.3 Å². The molecule has 2 heterocycles. The third-order valence-corrected chi connectivity index (χ3v) is 7.03. The number of H-pyrrole nitrogens is 1. The van der Waals surface area contributed by atoms with E-state index in [1.165, 1.54) is 18.5 Å². The van der Waals surface area contributed by atoms with E-state index in [4.69, 9.17) is 16.3 Å².